The van der Waals surface area contributed by atoms with Crippen LogP contribution < -0.4 is 16.8 Å². The summed E-state index contributed by atoms with van der Waals surface area (Å²) in [6, 6.07) is 12.6. The molecule has 0 aromatic heterocycles. The number of hydrogen-bond donors (Lipinski definition) is 3. The molecule has 2 aromatic carbocycles. The standard InChI is InChI=1S/C34H45N3O2/c1-19-13-15-33(3,27-11-7-21-5-9-23(35)17-25(21)29(19)27)31(38)37-32(39)34(4)16-14-20(2)30-26-18-24(36)10-6-22(26)8-12-28(30)34/h5-6,9-10,17-20,27-30H,7-8,11-16,35-36H2,1-4H3,(H,37,38,39)/t19-,20-,27+,28+,29+,30+,33-,34-/m0/s1. The number of anilines is 2. The van der Waals surface area contributed by atoms with E-state index in [1.54, 1.807) is 0 Å². The molecule has 2 aromatic rings. The molecule has 0 heterocycles. The summed E-state index contributed by atoms with van der Waals surface area (Å²) in [7, 11) is 0. The minimum atomic E-state index is -0.569. The summed E-state index contributed by atoms with van der Waals surface area (Å²) in [5.74, 6) is 1.85. The van der Waals surface area contributed by atoms with Crippen molar-refractivity contribution in [1.82, 2.24) is 5.32 Å². The molecule has 208 valence electrons. The Labute approximate surface area is 233 Å². The zero-order valence-corrected chi connectivity index (χ0v) is 24.1. The van der Waals surface area contributed by atoms with Gasteiger partial charge in [0.25, 0.3) is 0 Å². The van der Waals surface area contributed by atoms with Crippen LogP contribution in [-0.4, -0.2) is 11.8 Å². The maximum Gasteiger partial charge on any atom is 0.232 e. The maximum absolute atomic E-state index is 14.1. The summed E-state index contributed by atoms with van der Waals surface area (Å²) in [4.78, 5) is 28.3. The first-order chi connectivity index (χ1) is 18.5. The highest BCUT2D eigenvalue weighted by molar-refractivity contribution is 6.00. The van der Waals surface area contributed by atoms with Gasteiger partial charge in [-0.2, -0.15) is 0 Å². The Balaban J connectivity index is 1.26. The van der Waals surface area contributed by atoms with E-state index in [2.05, 4.69) is 57.3 Å². The molecular weight excluding hydrogens is 482 g/mol. The zero-order valence-electron chi connectivity index (χ0n) is 24.1. The first kappa shape index (κ1) is 26.4. The van der Waals surface area contributed by atoms with Crippen molar-refractivity contribution >= 4 is 23.2 Å². The van der Waals surface area contributed by atoms with E-state index in [9.17, 15) is 9.59 Å². The second kappa shape index (κ2) is 9.38. The molecule has 5 nitrogen and oxygen atoms in total. The van der Waals surface area contributed by atoms with Crippen LogP contribution in [0.25, 0.3) is 0 Å². The molecule has 6 rings (SSSR count). The average Bonchev–Trinajstić information content (AvgIpc) is 2.91. The number of nitrogen functional groups attached to an aromatic ring is 2. The lowest BCUT2D eigenvalue weighted by Gasteiger charge is -2.52. The Hall–Kier alpha value is -2.82. The quantitative estimate of drug-likeness (QED) is 0.313. The SMILES string of the molecule is C[C@H]1CC[C@](C)(C(=O)NC(=O)[C@@]2(C)CC[C@H](C)[C@@H]3c4cc(N)ccc4CC[C@H]32)[C@@H]2CCc3ccc(N)cc3[C@H]21. The smallest absolute Gasteiger partial charge is 0.232 e. The molecule has 0 radical (unpaired) electrons. The zero-order chi connectivity index (χ0) is 27.7. The minimum Gasteiger partial charge on any atom is -0.399 e. The molecule has 0 aliphatic heterocycles. The predicted molar refractivity (Wildman–Crippen MR) is 157 cm³/mol. The number of fused-ring (bicyclic) bond motifs is 6. The van der Waals surface area contributed by atoms with Gasteiger partial charge in [0.2, 0.25) is 11.8 Å². The first-order valence-corrected chi connectivity index (χ1v) is 15.2. The number of carbonyl (C=O) groups excluding carboxylic acids is 2. The molecule has 0 saturated heterocycles. The van der Waals surface area contributed by atoms with Crippen LogP contribution in [0.1, 0.15) is 100 Å². The average molecular weight is 528 g/mol. The van der Waals surface area contributed by atoms with Crippen molar-refractivity contribution < 1.29 is 9.59 Å². The fourth-order valence-electron chi connectivity index (χ4n) is 9.29. The van der Waals surface area contributed by atoms with Crippen LogP contribution in [0.4, 0.5) is 11.4 Å². The Morgan fingerprint density at radius 2 is 1.13 bits per heavy atom. The van der Waals surface area contributed by atoms with Crippen LogP contribution in [0.3, 0.4) is 0 Å². The molecule has 2 fully saturated rings. The number of imide groups is 1. The third-order valence-corrected chi connectivity index (χ3v) is 11.7. The number of benzene rings is 2. The van der Waals surface area contributed by atoms with Crippen molar-refractivity contribution in [2.24, 2.45) is 34.5 Å². The van der Waals surface area contributed by atoms with Gasteiger partial charge in [0.05, 0.1) is 10.8 Å². The summed E-state index contributed by atoms with van der Waals surface area (Å²) >= 11 is 0. The van der Waals surface area contributed by atoms with Crippen LogP contribution in [0, 0.1) is 34.5 Å². The molecule has 0 bridgehead atoms. The van der Waals surface area contributed by atoms with Gasteiger partial charge in [-0.1, -0.05) is 39.8 Å². The fourth-order valence-corrected chi connectivity index (χ4v) is 9.29. The lowest BCUT2D eigenvalue weighted by molar-refractivity contribution is -0.149. The summed E-state index contributed by atoms with van der Waals surface area (Å²) in [5.41, 5.74) is 18.2. The van der Waals surface area contributed by atoms with Gasteiger partial charge in [0, 0.05) is 11.4 Å². The number of hydrogen-bond acceptors (Lipinski definition) is 4. The van der Waals surface area contributed by atoms with Crippen molar-refractivity contribution in [2.45, 2.75) is 90.9 Å². The largest absolute Gasteiger partial charge is 0.399 e. The number of nitrogens with one attached hydrogen (secondary N) is 1. The van der Waals surface area contributed by atoms with E-state index in [0.29, 0.717) is 23.7 Å². The minimum absolute atomic E-state index is 0.0707. The summed E-state index contributed by atoms with van der Waals surface area (Å²) in [5, 5.41) is 3.04. The van der Waals surface area contributed by atoms with Crippen LogP contribution in [-0.2, 0) is 22.4 Å². The lowest BCUT2D eigenvalue weighted by Crippen LogP contribution is -2.57. The van der Waals surface area contributed by atoms with E-state index in [-0.39, 0.29) is 23.7 Å². The summed E-state index contributed by atoms with van der Waals surface area (Å²) in [6.07, 6.45) is 7.46. The molecule has 4 aliphatic carbocycles. The summed E-state index contributed by atoms with van der Waals surface area (Å²) < 4.78 is 0. The van der Waals surface area contributed by atoms with Crippen LogP contribution >= 0.6 is 0 Å². The van der Waals surface area contributed by atoms with E-state index in [0.717, 1.165) is 62.7 Å². The van der Waals surface area contributed by atoms with E-state index >= 15 is 0 Å². The van der Waals surface area contributed by atoms with E-state index in [4.69, 9.17) is 11.5 Å². The van der Waals surface area contributed by atoms with Crippen molar-refractivity contribution in [2.75, 3.05) is 11.5 Å². The topological polar surface area (TPSA) is 98.2 Å². The van der Waals surface area contributed by atoms with Crippen LogP contribution in [0.5, 0.6) is 0 Å². The Kier molecular flexibility index (Phi) is 6.35. The highest BCUT2D eigenvalue weighted by Crippen LogP contribution is 2.58. The highest BCUT2D eigenvalue weighted by atomic mass is 16.2. The van der Waals surface area contributed by atoms with Crippen molar-refractivity contribution in [3.8, 4) is 0 Å². The number of rotatable bonds is 2. The Morgan fingerprint density at radius 1 is 0.718 bits per heavy atom. The first-order valence-electron chi connectivity index (χ1n) is 15.2. The van der Waals surface area contributed by atoms with Crippen molar-refractivity contribution in [3.63, 3.8) is 0 Å². The van der Waals surface area contributed by atoms with Crippen molar-refractivity contribution in [1.29, 1.82) is 0 Å². The molecule has 0 spiro atoms. The van der Waals surface area contributed by atoms with Crippen molar-refractivity contribution in [3.05, 3.63) is 58.7 Å². The van der Waals surface area contributed by atoms with Gasteiger partial charge in [-0.15, -0.1) is 0 Å². The second-order valence-electron chi connectivity index (χ2n) is 13.9. The third kappa shape index (κ3) is 4.10. The van der Waals surface area contributed by atoms with E-state index < -0.39 is 10.8 Å². The monoisotopic (exact) mass is 527 g/mol. The number of nitrogens with two attached hydrogens (primary N) is 2. The van der Waals surface area contributed by atoms with E-state index in [1.165, 1.54) is 22.3 Å². The van der Waals surface area contributed by atoms with Gasteiger partial charge in [-0.25, -0.2) is 0 Å². The third-order valence-electron chi connectivity index (χ3n) is 11.7. The molecule has 5 heteroatoms. The number of carbonyl (C=O) groups is 2. The lowest BCUT2D eigenvalue weighted by atomic mass is 9.52. The predicted octanol–water partition coefficient (Wildman–Crippen LogP) is 6.36. The molecule has 0 unspecified atom stereocenters. The molecule has 8 atom stereocenters. The van der Waals surface area contributed by atoms with Gasteiger partial charge in [-0.05, 0) is 133 Å². The molecule has 2 saturated carbocycles. The van der Waals surface area contributed by atoms with Gasteiger partial charge < -0.3 is 11.5 Å². The summed E-state index contributed by atoms with van der Waals surface area (Å²) in [6.45, 7) is 8.86. The second-order valence-corrected chi connectivity index (χ2v) is 13.9. The molecule has 4 aliphatic rings. The maximum atomic E-state index is 14.1. The van der Waals surface area contributed by atoms with Gasteiger partial charge >= 0.3 is 0 Å². The van der Waals surface area contributed by atoms with E-state index in [1.807, 2.05) is 12.1 Å². The van der Waals surface area contributed by atoms with Gasteiger partial charge in [0.1, 0.15) is 0 Å². The molecule has 39 heavy (non-hydrogen) atoms. The number of aryl methyl sites for hydroxylation is 2. The highest BCUT2D eigenvalue weighted by Gasteiger charge is 2.55. The molecule has 5 N–H and O–H groups in total. The van der Waals surface area contributed by atoms with Gasteiger partial charge in [-0.3, -0.25) is 14.9 Å². The number of amides is 2. The normalized spacial score (nSPS) is 37.0. The van der Waals surface area contributed by atoms with Crippen LogP contribution in [0.15, 0.2) is 36.4 Å². The Morgan fingerprint density at radius 3 is 1.54 bits per heavy atom. The fraction of sp³-hybridized carbons (Fsp3) is 0.588. The van der Waals surface area contributed by atoms with Crippen LogP contribution in [0.2, 0.25) is 0 Å². The van der Waals surface area contributed by atoms with Gasteiger partial charge in [0.15, 0.2) is 0 Å². The molecular formula is C34H45N3O2. The molecule has 2 amide bonds. The Bertz CT molecular complexity index is 1220.